The quantitative estimate of drug-likeness (QED) is 0.321. The minimum atomic E-state index is -3.64. The zero-order valence-corrected chi connectivity index (χ0v) is 21.4. The first-order chi connectivity index (χ1) is 16.6. The first kappa shape index (κ1) is 26.2. The summed E-state index contributed by atoms with van der Waals surface area (Å²) in [6, 6.07) is 22.5. The minimum Gasteiger partial charge on any atom is -0.322 e. The number of amides is 1. The molecule has 1 amide bonds. The molecule has 35 heavy (non-hydrogen) atoms. The third-order valence-corrected chi connectivity index (χ3v) is 6.90. The lowest BCUT2D eigenvalue weighted by molar-refractivity contribution is 0.102. The van der Waals surface area contributed by atoms with Crippen LogP contribution in [-0.2, 0) is 10.0 Å². The molecule has 0 saturated heterocycles. The summed E-state index contributed by atoms with van der Waals surface area (Å²) in [6.07, 6.45) is 0. The van der Waals surface area contributed by atoms with Crippen LogP contribution in [0, 0.1) is 11.8 Å². The van der Waals surface area contributed by atoms with Crippen molar-refractivity contribution in [3.05, 3.63) is 84.4 Å². The molecule has 0 radical (unpaired) electrons. The molecule has 0 unspecified atom stereocenters. The first-order valence-electron chi connectivity index (χ1n) is 11.6. The van der Waals surface area contributed by atoms with Gasteiger partial charge in [-0.05, 0) is 72.5 Å². The van der Waals surface area contributed by atoms with Gasteiger partial charge in [-0.2, -0.15) is 14.5 Å². The molecule has 0 fully saturated rings. The van der Waals surface area contributed by atoms with Gasteiger partial charge < -0.3 is 5.32 Å². The van der Waals surface area contributed by atoms with Crippen molar-refractivity contribution in [1.82, 2.24) is 4.31 Å². The number of hydrogen-bond acceptors (Lipinski definition) is 5. The maximum atomic E-state index is 13.2. The van der Waals surface area contributed by atoms with Crippen LogP contribution < -0.4 is 5.32 Å². The monoisotopic (exact) mass is 492 g/mol. The fraction of sp³-hybridized carbons (Fsp3) is 0.296. The van der Waals surface area contributed by atoms with Gasteiger partial charge in [-0.15, -0.1) is 0 Å². The van der Waals surface area contributed by atoms with Crippen molar-refractivity contribution in [2.75, 3.05) is 18.4 Å². The van der Waals surface area contributed by atoms with Gasteiger partial charge >= 0.3 is 0 Å². The van der Waals surface area contributed by atoms with E-state index in [1.165, 1.54) is 28.6 Å². The molecule has 1 N–H and O–H groups in total. The van der Waals surface area contributed by atoms with Crippen LogP contribution in [0.1, 0.15) is 38.1 Å². The van der Waals surface area contributed by atoms with Gasteiger partial charge in [0.1, 0.15) is 0 Å². The number of rotatable bonds is 10. The molecule has 0 bridgehead atoms. The Balaban J connectivity index is 1.67. The lowest BCUT2D eigenvalue weighted by Gasteiger charge is -2.25. The van der Waals surface area contributed by atoms with Crippen LogP contribution in [0.2, 0.25) is 0 Å². The zero-order valence-electron chi connectivity index (χ0n) is 20.5. The van der Waals surface area contributed by atoms with Crippen molar-refractivity contribution >= 4 is 33.0 Å². The molecule has 0 heterocycles. The first-order valence-corrected chi connectivity index (χ1v) is 13.1. The topological polar surface area (TPSA) is 91.2 Å². The minimum absolute atomic E-state index is 0.184. The van der Waals surface area contributed by atoms with Crippen molar-refractivity contribution in [2.45, 2.75) is 32.6 Å². The number of nitrogens with zero attached hydrogens (tertiary/aromatic N) is 3. The molecule has 0 atom stereocenters. The Hall–Kier alpha value is -3.36. The molecule has 0 saturated carbocycles. The molecule has 8 heteroatoms. The van der Waals surface area contributed by atoms with E-state index in [9.17, 15) is 13.2 Å². The number of azo groups is 1. The summed E-state index contributed by atoms with van der Waals surface area (Å²) in [4.78, 5) is 12.9. The van der Waals surface area contributed by atoms with Crippen LogP contribution in [0.3, 0.4) is 0 Å². The van der Waals surface area contributed by atoms with Crippen molar-refractivity contribution < 1.29 is 13.2 Å². The molecular weight excluding hydrogens is 460 g/mol. The Labute approximate surface area is 208 Å². The van der Waals surface area contributed by atoms with Crippen LogP contribution in [0.5, 0.6) is 0 Å². The maximum absolute atomic E-state index is 13.2. The van der Waals surface area contributed by atoms with E-state index in [0.717, 1.165) is 5.69 Å². The number of carbonyl (C=O) groups excluding carboxylic acids is 1. The zero-order chi connectivity index (χ0) is 25.4. The van der Waals surface area contributed by atoms with Crippen LogP contribution in [-0.4, -0.2) is 31.7 Å². The van der Waals surface area contributed by atoms with Gasteiger partial charge in [0.25, 0.3) is 5.91 Å². The molecule has 0 aromatic heterocycles. The van der Waals surface area contributed by atoms with Gasteiger partial charge in [-0.25, -0.2) is 8.42 Å². The molecule has 3 aromatic carbocycles. The van der Waals surface area contributed by atoms with E-state index in [2.05, 4.69) is 15.5 Å². The molecule has 7 nitrogen and oxygen atoms in total. The number of benzene rings is 3. The Morgan fingerprint density at radius 1 is 0.771 bits per heavy atom. The second-order valence-electron chi connectivity index (χ2n) is 9.17. The Kier molecular flexibility index (Phi) is 8.89. The highest BCUT2D eigenvalue weighted by molar-refractivity contribution is 7.89. The second-order valence-corrected chi connectivity index (χ2v) is 11.1. The van der Waals surface area contributed by atoms with Crippen LogP contribution in [0.15, 0.2) is 94.0 Å². The van der Waals surface area contributed by atoms with E-state index in [-0.39, 0.29) is 22.6 Å². The Morgan fingerprint density at radius 2 is 1.29 bits per heavy atom. The maximum Gasteiger partial charge on any atom is 0.255 e. The van der Waals surface area contributed by atoms with Gasteiger partial charge in [0.15, 0.2) is 0 Å². The van der Waals surface area contributed by atoms with Crippen molar-refractivity contribution in [3.8, 4) is 0 Å². The highest BCUT2D eigenvalue weighted by Gasteiger charge is 2.26. The molecule has 0 aliphatic rings. The predicted octanol–water partition coefficient (Wildman–Crippen LogP) is 6.66. The van der Waals surface area contributed by atoms with Crippen molar-refractivity contribution in [3.63, 3.8) is 0 Å². The normalized spacial score (nSPS) is 12.1. The number of anilines is 1. The predicted molar refractivity (Wildman–Crippen MR) is 140 cm³/mol. The van der Waals surface area contributed by atoms with E-state index >= 15 is 0 Å². The largest absolute Gasteiger partial charge is 0.322 e. The molecule has 3 aromatic rings. The lowest BCUT2D eigenvalue weighted by atomic mass is 10.2. The van der Waals surface area contributed by atoms with Crippen LogP contribution in [0.4, 0.5) is 17.1 Å². The molecule has 0 spiro atoms. The second kappa shape index (κ2) is 11.9. The van der Waals surface area contributed by atoms with E-state index < -0.39 is 10.0 Å². The highest BCUT2D eigenvalue weighted by Crippen LogP contribution is 2.22. The summed E-state index contributed by atoms with van der Waals surface area (Å²) >= 11 is 0. The highest BCUT2D eigenvalue weighted by atomic mass is 32.2. The van der Waals surface area contributed by atoms with Gasteiger partial charge in [0, 0.05) is 24.3 Å². The van der Waals surface area contributed by atoms with Crippen LogP contribution in [0.25, 0.3) is 0 Å². The summed E-state index contributed by atoms with van der Waals surface area (Å²) in [7, 11) is -3.64. The smallest absolute Gasteiger partial charge is 0.255 e. The Bertz CT molecular complexity index is 1230. The van der Waals surface area contributed by atoms with Crippen LogP contribution >= 0.6 is 0 Å². The van der Waals surface area contributed by atoms with E-state index in [1.54, 1.807) is 24.3 Å². The average molecular weight is 493 g/mol. The van der Waals surface area contributed by atoms with Gasteiger partial charge in [0.05, 0.1) is 16.3 Å². The third-order valence-electron chi connectivity index (χ3n) is 5.05. The SMILES string of the molecule is CC(C)CN(CC(C)C)S(=O)(=O)c1ccc(C(=O)Nc2ccc(N=Nc3ccccc3)cc2)cc1. The standard InChI is InChI=1S/C27H32N4O3S/c1-20(2)18-31(19-21(3)4)35(33,34)26-16-10-22(11-17-26)27(32)28-23-12-14-25(15-13-23)30-29-24-8-6-5-7-9-24/h5-17,20-21H,18-19H2,1-4H3,(H,28,32). The molecular formula is C27H32N4O3S. The van der Waals surface area contributed by atoms with Crippen molar-refractivity contribution in [2.24, 2.45) is 22.1 Å². The van der Waals surface area contributed by atoms with E-state index in [4.69, 9.17) is 0 Å². The number of nitrogens with one attached hydrogen (secondary N) is 1. The number of sulfonamides is 1. The summed E-state index contributed by atoms with van der Waals surface area (Å²) < 4.78 is 27.8. The van der Waals surface area contributed by atoms with Gasteiger partial charge in [-0.1, -0.05) is 45.9 Å². The molecule has 184 valence electrons. The third kappa shape index (κ3) is 7.56. The van der Waals surface area contributed by atoms with Gasteiger partial charge in [-0.3, -0.25) is 4.79 Å². The van der Waals surface area contributed by atoms with E-state index in [1.807, 2.05) is 58.0 Å². The summed E-state index contributed by atoms with van der Waals surface area (Å²) in [5.41, 5.74) is 2.39. The molecule has 3 rings (SSSR count). The summed E-state index contributed by atoms with van der Waals surface area (Å²) in [6.45, 7) is 8.88. The molecule has 0 aliphatic heterocycles. The fourth-order valence-corrected chi connectivity index (χ4v) is 5.20. The van der Waals surface area contributed by atoms with Gasteiger partial charge in [0.2, 0.25) is 10.0 Å². The summed E-state index contributed by atoms with van der Waals surface area (Å²) in [5.74, 6) is 0.0911. The lowest BCUT2D eigenvalue weighted by Crippen LogP contribution is -2.37. The summed E-state index contributed by atoms with van der Waals surface area (Å²) in [5, 5.41) is 11.2. The average Bonchev–Trinajstić information content (AvgIpc) is 2.83. The number of hydrogen-bond donors (Lipinski definition) is 1. The molecule has 0 aliphatic carbocycles. The fourth-order valence-electron chi connectivity index (χ4n) is 3.44. The Morgan fingerprint density at radius 3 is 1.80 bits per heavy atom. The number of carbonyl (C=O) groups is 1. The van der Waals surface area contributed by atoms with Crippen molar-refractivity contribution in [1.29, 1.82) is 0 Å². The van der Waals surface area contributed by atoms with E-state index in [0.29, 0.717) is 30.0 Å².